The fraction of sp³-hybridized carbons (Fsp3) is 0.194. The van der Waals surface area contributed by atoms with E-state index in [1.807, 2.05) is 130 Å². The van der Waals surface area contributed by atoms with Crippen molar-refractivity contribution in [3.05, 3.63) is 343 Å². The van der Waals surface area contributed by atoms with Gasteiger partial charge in [-0.25, -0.2) is 19.2 Å². The molecule has 0 saturated heterocycles. The summed E-state index contributed by atoms with van der Waals surface area (Å²) in [5.74, 6) is -4.97. The van der Waals surface area contributed by atoms with E-state index in [-0.39, 0.29) is 246 Å². The van der Waals surface area contributed by atoms with Crippen molar-refractivity contribution in [2.24, 2.45) is 4.30 Å². The molecule has 13 rings (SSSR count). The van der Waals surface area contributed by atoms with Gasteiger partial charge in [0.15, 0.2) is 27.9 Å². The Morgan fingerprint density at radius 3 is 1.13 bits per heavy atom. The van der Waals surface area contributed by atoms with Gasteiger partial charge in [0.05, 0.1) is 49.3 Å². The van der Waals surface area contributed by atoms with Gasteiger partial charge in [0.2, 0.25) is 0 Å². The fourth-order valence-electron chi connectivity index (χ4n) is 12.1. The van der Waals surface area contributed by atoms with Gasteiger partial charge in [0.1, 0.15) is 17.1 Å². The number of ether oxygens (including phenoxy) is 3. The molecule has 137 heavy (non-hydrogen) atoms. The van der Waals surface area contributed by atoms with Crippen LogP contribution in [0.1, 0.15) is 134 Å². The van der Waals surface area contributed by atoms with Crippen LogP contribution in [0.15, 0.2) is 261 Å². The molecule has 713 valence electrons. The average Bonchev–Trinajstić information content (AvgIpc) is 0.754. The number of methoxy groups -OCH3 is 3. The Hall–Kier alpha value is -8.96. The first-order valence-electron chi connectivity index (χ1n) is 37.9. The molecular formula is C98H107BCl6K2N8NaO20S. The Morgan fingerprint density at radius 2 is 0.803 bits per heavy atom. The van der Waals surface area contributed by atoms with E-state index in [9.17, 15) is 62.6 Å². The molecule has 0 aliphatic rings. The summed E-state index contributed by atoms with van der Waals surface area (Å²) in [7, 11) is 14.9. The molecule has 28 nitrogen and oxygen atoms in total. The van der Waals surface area contributed by atoms with Crippen molar-refractivity contribution in [2.45, 2.75) is 84.6 Å². The van der Waals surface area contributed by atoms with Gasteiger partial charge in [-0.15, -0.1) is 0 Å². The maximum Gasteiger partial charge on any atom is 1.00 e. The van der Waals surface area contributed by atoms with Crippen LogP contribution in [0.3, 0.4) is 0 Å². The van der Waals surface area contributed by atoms with Gasteiger partial charge in [-0.05, 0) is 198 Å². The molecule has 13 aromatic rings. The third kappa shape index (κ3) is 38.5. The first-order valence-corrected chi connectivity index (χ1v) is 40.6. The van der Waals surface area contributed by atoms with Crippen LogP contribution < -0.4 is 169 Å². The fourth-order valence-corrected chi connectivity index (χ4v) is 13.0. The van der Waals surface area contributed by atoms with Crippen molar-refractivity contribution in [3.8, 4) is 17.1 Å². The molecular weight excluding hydrogens is 1970 g/mol. The molecule has 0 fully saturated rings. The average molecular weight is 2070 g/mol. The zero-order valence-electron chi connectivity index (χ0n) is 75.3. The minimum Gasteiger partial charge on any atom is -1.00 e. The summed E-state index contributed by atoms with van der Waals surface area (Å²) in [6.45, 7) is 8.23. The molecule has 10 aromatic carbocycles. The second-order valence-electron chi connectivity index (χ2n) is 26.3. The molecule has 0 bridgehead atoms. The first kappa shape index (κ1) is 136. The maximum absolute atomic E-state index is 12.8. The molecule has 0 unspecified atom stereocenters. The predicted octanol–water partition coefficient (Wildman–Crippen LogP) is 12.0. The van der Waals surface area contributed by atoms with Crippen LogP contribution in [-0.2, 0) is 43.1 Å². The number of halogens is 6. The predicted molar refractivity (Wildman–Crippen MR) is 541 cm³/mol. The molecule has 2 amide bonds. The molecule has 3 aromatic heterocycles. The molecule has 0 atom stereocenters. The number of ketones is 2. The number of pyridine rings is 3. The normalized spacial score (nSPS) is 9.31. The number of anilines is 4. The van der Waals surface area contributed by atoms with Crippen molar-refractivity contribution in [2.75, 3.05) is 59.7 Å². The smallest absolute Gasteiger partial charge is 1.00 e. The van der Waals surface area contributed by atoms with Crippen LogP contribution in [0.5, 0.6) is 0 Å². The summed E-state index contributed by atoms with van der Waals surface area (Å²) in [5, 5.41) is 26.8. The van der Waals surface area contributed by atoms with Crippen molar-refractivity contribution in [3.63, 3.8) is 0 Å². The third-order valence-corrected chi connectivity index (χ3v) is 19.1. The maximum atomic E-state index is 12.8. The molecule has 0 saturated carbocycles. The van der Waals surface area contributed by atoms with Crippen molar-refractivity contribution < 1.29 is 217 Å². The number of hydrogen-bond donors (Lipinski definition) is 4. The number of nitrogens with one attached hydrogen (secondary N) is 2. The molecule has 1 radical (unpaired) electrons. The topological polar surface area (TPSA) is 390 Å². The van der Waals surface area contributed by atoms with Crippen LogP contribution in [-0.4, -0.2) is 145 Å². The van der Waals surface area contributed by atoms with Gasteiger partial charge in [0, 0.05) is 124 Å². The number of esters is 3. The summed E-state index contributed by atoms with van der Waals surface area (Å²) < 4.78 is 21.1. The Labute approximate surface area is 942 Å². The van der Waals surface area contributed by atoms with Gasteiger partial charge in [0.25, 0.3) is 12.4 Å². The third-order valence-electron chi connectivity index (χ3n) is 17.8. The zero-order chi connectivity index (χ0) is 95.2. The van der Waals surface area contributed by atoms with Crippen molar-refractivity contribution in [1.29, 1.82) is 0 Å². The molecule has 4 N–H and O–H groups in total. The minimum atomic E-state index is -1.15. The standard InChI is InChI=1S/C19H17ClN2O2.C18H16ClNO4.C18H14ClNO3.C17H12ClNO3.C15H14ClNO.C3H3ClO3.C2H7N.CH2O3.5CH4.BHNS.2K.Na.H2O.H/c1-12-17(19(24)21(2)3)22(14-7-5-4-6-8-14)16-11-13(20)9-10-15(16)18(12)23;1-3-16(21)14-10-9-12(19)11-15(14)20(17(22)18(23)24-2)13-7-5-4-6-8-13;1-11-16(18(22)23-2)20(13-6-4-3-5-7-13)15-10-12(19)8-9-14(15)17(11)21;1-10-15(17(21)22)19(12-5-3-2-4-6-12)14-9-11(18)7-8-13(14)16(10)20;1-2-15(18)13-9-8-11(16)10-14(13)17-12-6-4-3-5-7-12;1-7-3(6)2(4)5;1-3-2;2-1-4-3;;;;;;1-2-3;;;;;/h4-11H,1-3H3;4-11H,3H2,1-2H3;3-10H,1-2H3;2-9H,1H3,(H,21,22);3-10,17H,2H2,1H3;1H3;3H,1-2H3;1,3H;5*1H4;3H;;;;1H2;/q;;;;;;;;;;;;;;3*+1;;-1/p-2. The van der Waals surface area contributed by atoms with Gasteiger partial charge in [-0.3, -0.25) is 48.1 Å². The number of hydrogen-bond acceptors (Lipinski definition) is 23. The van der Waals surface area contributed by atoms with Gasteiger partial charge >= 0.3 is 192 Å². The number of nitrogens with zero attached hydrogens (tertiary/aromatic N) is 6. The van der Waals surface area contributed by atoms with Gasteiger partial charge in [-0.1, -0.05) is 200 Å². The number of Topliss-reactive ketones (excluding diaryl/α,β-unsaturated/α-hetero) is 2. The number of carboxylic acid groups (broad SMARTS) is 1. The number of para-hydroxylation sites is 5. The van der Waals surface area contributed by atoms with E-state index in [0.29, 0.717) is 104 Å². The molecule has 0 aliphatic carbocycles. The van der Waals surface area contributed by atoms with E-state index in [1.54, 1.807) is 176 Å². The molecule has 3 heterocycles. The first-order chi connectivity index (χ1) is 61.1. The van der Waals surface area contributed by atoms with Gasteiger partial charge in [-0.2, -0.15) is 0 Å². The number of benzene rings is 10. The minimum absolute atomic E-state index is 0. The summed E-state index contributed by atoms with van der Waals surface area (Å²) in [6, 6.07) is 70.9. The van der Waals surface area contributed by atoms with E-state index in [2.05, 4.69) is 61.3 Å². The Bertz CT molecular complexity index is 6380. The number of amides is 2. The van der Waals surface area contributed by atoms with Crippen molar-refractivity contribution in [1.82, 2.24) is 23.9 Å². The van der Waals surface area contributed by atoms with E-state index >= 15 is 0 Å². The second-order valence-corrected chi connectivity index (χ2v) is 29.1. The number of carbonyl (C=O) groups is 10. The summed E-state index contributed by atoms with van der Waals surface area (Å²) in [4.78, 5) is 156. The van der Waals surface area contributed by atoms with E-state index in [0.717, 1.165) is 41.9 Å². The summed E-state index contributed by atoms with van der Waals surface area (Å²) >= 11 is 38.1. The van der Waals surface area contributed by atoms with Crippen LogP contribution >= 0.6 is 82.4 Å². The molecule has 39 heteroatoms. The van der Waals surface area contributed by atoms with Crippen LogP contribution in [0, 0.1) is 20.8 Å². The van der Waals surface area contributed by atoms with Crippen LogP contribution in [0.4, 0.5) is 22.7 Å². The van der Waals surface area contributed by atoms with E-state index in [4.69, 9.17) is 72.8 Å². The quantitative estimate of drug-likeness (QED) is 0.00667. The van der Waals surface area contributed by atoms with E-state index in [1.165, 1.54) is 25.0 Å². The molecule has 0 aliphatic heterocycles. The Morgan fingerprint density at radius 1 is 0.496 bits per heavy atom. The molecule has 0 spiro atoms. The largest absolute Gasteiger partial charge is 1.00 e. The van der Waals surface area contributed by atoms with Crippen molar-refractivity contribution >= 4 is 204 Å². The monoisotopic (exact) mass is 2070 g/mol. The number of aromatic nitrogens is 3. The van der Waals surface area contributed by atoms with Crippen LogP contribution in [0.25, 0.3) is 49.8 Å². The van der Waals surface area contributed by atoms with Crippen LogP contribution in [0.2, 0.25) is 25.1 Å². The second kappa shape index (κ2) is 69.8. The number of fused-ring (bicyclic) bond motifs is 3. The zero-order valence-corrected chi connectivity index (χ0v) is 88.0. The summed E-state index contributed by atoms with van der Waals surface area (Å²) in [5.41, 5.74) is 8.05. The Balaban J connectivity index is -0.000000372. The summed E-state index contributed by atoms with van der Waals surface area (Å²) in [6.07, 6.45) is 0.731. The Kier molecular flexibility index (Phi) is 69.5. The van der Waals surface area contributed by atoms with E-state index < -0.39 is 35.0 Å². The number of rotatable bonds is 16. The number of carboxylic acids is 1. The number of aromatic carboxylic acids is 1. The number of thiol groups is 1. The number of carbonyl (C=O) groups excluding carboxylic acids is 9. The van der Waals surface area contributed by atoms with Gasteiger partial charge < -0.3 is 65.6 Å². The SMILES string of the molecule is C.C.C.C.C.CCC(=O)c1ccc(Cl)cc1N(C(=O)C(=O)OC)c1ccccc1.CCC(=O)c1ccc(Cl)cc1Nc1ccccc1.CNC.COC(=O)C(=O)Cl.COC(=O)c1c(C)c(=O)c2ccc(Cl)cc2n1-c1ccccc1.Cc1c(C(=O)N(C)C)n(-c2ccccc2)c2cc(Cl)ccc2c1=O.Cc1c(C(=O)O)n(-c2ccccc2)c2cc(Cl)ccc2c1=O.O=CO[O-].[B]=NS.[H-].[K+].[K+].[Na+].[OH-].